The lowest BCUT2D eigenvalue weighted by Crippen LogP contribution is -2.51. The Morgan fingerprint density at radius 3 is 1.63 bits per heavy atom. The van der Waals surface area contributed by atoms with Crippen LogP contribution in [0.1, 0.15) is 69.7 Å². The van der Waals surface area contributed by atoms with Gasteiger partial charge in [-0.25, -0.2) is 19.9 Å². The van der Waals surface area contributed by atoms with E-state index in [1.165, 1.54) is 24.3 Å². The molecule has 316 valence electrons. The van der Waals surface area contributed by atoms with E-state index in [9.17, 15) is 26.3 Å². The van der Waals surface area contributed by atoms with Crippen LogP contribution in [0.15, 0.2) is 68.9 Å². The highest BCUT2D eigenvalue weighted by Crippen LogP contribution is 2.52. The first kappa shape index (κ1) is 41.6. The Kier molecular flexibility index (Phi) is 11.3. The zero-order valence-corrected chi connectivity index (χ0v) is 33.9. The van der Waals surface area contributed by atoms with Crippen LogP contribution < -0.4 is 32.3 Å². The Morgan fingerprint density at radius 2 is 1.17 bits per heavy atom. The fourth-order valence-corrected chi connectivity index (χ4v) is 11.6. The first-order valence-electron chi connectivity index (χ1n) is 19.7. The molecule has 0 amide bonds. The van der Waals surface area contributed by atoms with Gasteiger partial charge < -0.3 is 32.3 Å². The molecule has 2 aliphatic heterocycles. The molecule has 0 unspecified atom stereocenters. The molecular weight excluding hydrogens is 815 g/mol. The molecule has 2 saturated carbocycles. The number of halogens is 6. The SMILES string of the molecule is C[C@@H]1C[C@H](N[C@H]2C[C@H](N)C3(CCN(c4cnc(Sc5cccnc5C(F)(F)F)c(N)n4)CC3)C2)C2(CCN(c3cnc(Sc4cccnc4C(F)(F)F)c(N)n3)CC2)C1. The summed E-state index contributed by atoms with van der Waals surface area (Å²) in [5, 5.41) is 4.49. The lowest BCUT2D eigenvalue weighted by Gasteiger charge is -2.45. The smallest absolute Gasteiger partial charge is 0.381 e. The van der Waals surface area contributed by atoms with Crippen LogP contribution in [0.5, 0.6) is 0 Å². The standard InChI is InChI=1S/C39H46F6N12S2/c1-22-16-27(37(18-22)8-14-57(15-9-37)29-21-52-35(33(48)55-29)59-25-5-3-11-50-31(25)39(43,44)45)53-23-17-26(46)36(19-23)6-12-56(13-7-36)28-20-51-34(32(47)54-28)58-24-4-2-10-49-30(24)38(40,41)42/h2-5,10-11,20-23,26-27,53H,6-9,12-19,46H2,1H3,(H2,47,54)(H2,48,55)/t22-,23+,26+,27+/m1/s1. The van der Waals surface area contributed by atoms with Gasteiger partial charge in [-0.15, -0.1) is 0 Å². The summed E-state index contributed by atoms with van der Waals surface area (Å²) in [6.45, 7) is 5.28. The summed E-state index contributed by atoms with van der Waals surface area (Å²) in [5.41, 5.74) is 17.6. The first-order chi connectivity index (χ1) is 28.0. The molecule has 4 aromatic heterocycles. The van der Waals surface area contributed by atoms with Crippen molar-refractivity contribution in [2.24, 2.45) is 22.5 Å². The van der Waals surface area contributed by atoms with Gasteiger partial charge in [-0.2, -0.15) is 26.3 Å². The molecular formula is C39H46F6N12S2. The van der Waals surface area contributed by atoms with Crippen LogP contribution in [0.3, 0.4) is 0 Å². The van der Waals surface area contributed by atoms with Gasteiger partial charge in [0, 0.05) is 66.5 Å². The van der Waals surface area contributed by atoms with Crippen molar-refractivity contribution in [3.05, 3.63) is 60.4 Å². The van der Waals surface area contributed by atoms with Gasteiger partial charge in [-0.3, -0.25) is 9.97 Å². The van der Waals surface area contributed by atoms with Gasteiger partial charge in [0.2, 0.25) is 0 Å². The Balaban J connectivity index is 0.862. The van der Waals surface area contributed by atoms with Crippen LogP contribution in [0, 0.1) is 16.7 Å². The van der Waals surface area contributed by atoms with Crippen LogP contribution in [0.2, 0.25) is 0 Å². The first-order valence-corrected chi connectivity index (χ1v) is 21.3. The van der Waals surface area contributed by atoms with Crippen molar-refractivity contribution in [3.63, 3.8) is 0 Å². The zero-order valence-electron chi connectivity index (χ0n) is 32.3. The van der Waals surface area contributed by atoms with E-state index in [0.29, 0.717) is 36.7 Å². The summed E-state index contributed by atoms with van der Waals surface area (Å²) in [6.07, 6.45) is 3.93. The molecule has 12 nitrogen and oxygen atoms in total. The van der Waals surface area contributed by atoms with Gasteiger partial charge >= 0.3 is 12.4 Å². The molecule has 20 heteroatoms. The molecule has 4 fully saturated rings. The van der Waals surface area contributed by atoms with Gasteiger partial charge in [0.1, 0.15) is 21.7 Å². The third kappa shape index (κ3) is 8.59. The molecule has 59 heavy (non-hydrogen) atoms. The predicted molar refractivity (Wildman–Crippen MR) is 214 cm³/mol. The number of nitrogens with one attached hydrogen (secondary N) is 1. The van der Waals surface area contributed by atoms with E-state index in [1.54, 1.807) is 12.4 Å². The van der Waals surface area contributed by atoms with Crippen molar-refractivity contribution >= 4 is 46.8 Å². The second kappa shape index (κ2) is 16.0. The number of alkyl halides is 6. The molecule has 4 atom stereocenters. The van der Waals surface area contributed by atoms with Crippen molar-refractivity contribution in [1.82, 2.24) is 35.2 Å². The average molecular weight is 861 g/mol. The van der Waals surface area contributed by atoms with E-state index < -0.39 is 23.7 Å². The van der Waals surface area contributed by atoms with Gasteiger partial charge in [-0.1, -0.05) is 30.4 Å². The maximum absolute atomic E-state index is 13.5. The molecule has 2 saturated heterocycles. The second-order valence-corrected chi connectivity index (χ2v) is 18.5. The Hall–Kier alpha value is -4.14. The van der Waals surface area contributed by atoms with Crippen LogP contribution in [0.4, 0.5) is 49.6 Å². The van der Waals surface area contributed by atoms with E-state index in [2.05, 4.69) is 51.9 Å². The van der Waals surface area contributed by atoms with Gasteiger partial charge in [0.25, 0.3) is 0 Å². The van der Waals surface area contributed by atoms with Crippen LogP contribution in [0.25, 0.3) is 0 Å². The van der Waals surface area contributed by atoms with E-state index >= 15 is 0 Å². The number of hydrogen-bond acceptors (Lipinski definition) is 14. The Labute approximate surface area is 346 Å². The third-order valence-electron chi connectivity index (χ3n) is 12.7. The Morgan fingerprint density at radius 1 is 0.695 bits per heavy atom. The lowest BCUT2D eigenvalue weighted by atomic mass is 9.73. The molecule has 8 rings (SSSR count). The topological polar surface area (TPSA) is 174 Å². The summed E-state index contributed by atoms with van der Waals surface area (Å²) in [6, 6.07) is 6.25. The monoisotopic (exact) mass is 860 g/mol. The van der Waals surface area contributed by atoms with Gasteiger partial charge in [-0.05, 0) is 92.4 Å². The summed E-state index contributed by atoms with van der Waals surface area (Å²) in [7, 11) is 0. The number of rotatable bonds is 8. The number of pyridine rings is 2. The minimum Gasteiger partial charge on any atom is -0.381 e. The number of nitrogens with two attached hydrogens (primary N) is 3. The highest BCUT2D eigenvalue weighted by Gasteiger charge is 2.52. The number of aromatic nitrogens is 6. The fourth-order valence-electron chi connectivity index (χ4n) is 9.81. The molecule has 0 radical (unpaired) electrons. The third-order valence-corrected chi connectivity index (χ3v) is 14.8. The summed E-state index contributed by atoms with van der Waals surface area (Å²) in [4.78, 5) is 29.1. The van der Waals surface area contributed by atoms with Crippen molar-refractivity contribution in [2.45, 2.75) is 109 Å². The molecule has 7 N–H and O–H groups in total. The largest absolute Gasteiger partial charge is 0.434 e. The molecule has 0 bridgehead atoms. The second-order valence-electron chi connectivity index (χ2n) is 16.4. The molecule has 0 aromatic carbocycles. The zero-order chi connectivity index (χ0) is 41.7. The number of piperidine rings is 2. The quantitative estimate of drug-likeness (QED) is 0.130. The summed E-state index contributed by atoms with van der Waals surface area (Å²) < 4.78 is 81.1. The number of nitrogen functional groups attached to an aromatic ring is 2. The number of anilines is 4. The van der Waals surface area contributed by atoms with Crippen LogP contribution in [-0.4, -0.2) is 74.2 Å². The maximum Gasteiger partial charge on any atom is 0.434 e. The van der Waals surface area contributed by atoms with Crippen molar-refractivity contribution in [1.29, 1.82) is 0 Å². The van der Waals surface area contributed by atoms with Gasteiger partial charge in [0.05, 0.1) is 12.4 Å². The van der Waals surface area contributed by atoms with Crippen LogP contribution in [-0.2, 0) is 12.4 Å². The highest BCUT2D eigenvalue weighted by molar-refractivity contribution is 7.99. The maximum atomic E-state index is 13.5. The van der Waals surface area contributed by atoms with Crippen LogP contribution >= 0.6 is 23.5 Å². The number of nitrogens with zero attached hydrogens (tertiary/aromatic N) is 8. The minimum atomic E-state index is -4.61. The molecule has 2 spiro atoms. The molecule has 4 aliphatic rings. The lowest BCUT2D eigenvalue weighted by molar-refractivity contribution is -0.144. The van der Waals surface area contributed by atoms with E-state index in [4.69, 9.17) is 17.2 Å². The molecule has 4 aromatic rings. The highest BCUT2D eigenvalue weighted by atomic mass is 32.2. The summed E-state index contributed by atoms with van der Waals surface area (Å²) >= 11 is 1.60. The van der Waals surface area contributed by atoms with Gasteiger partial charge in [0.15, 0.2) is 23.0 Å². The molecule has 6 heterocycles. The predicted octanol–water partition coefficient (Wildman–Crippen LogP) is 7.31. The average Bonchev–Trinajstić information content (AvgIpc) is 3.65. The summed E-state index contributed by atoms with van der Waals surface area (Å²) in [5.74, 6) is 1.91. The van der Waals surface area contributed by atoms with E-state index in [1.807, 2.05) is 0 Å². The minimum absolute atomic E-state index is 0.0215. The normalized spacial score (nSPS) is 24.3. The van der Waals surface area contributed by atoms with Crippen molar-refractivity contribution in [2.75, 3.05) is 47.4 Å². The Bertz CT molecular complexity index is 2140. The van der Waals surface area contributed by atoms with E-state index in [0.717, 1.165) is 100 Å². The van der Waals surface area contributed by atoms with E-state index in [-0.39, 0.29) is 54.4 Å². The number of hydrogen-bond donors (Lipinski definition) is 4. The van der Waals surface area contributed by atoms with Crippen molar-refractivity contribution in [3.8, 4) is 0 Å². The van der Waals surface area contributed by atoms with Crippen molar-refractivity contribution < 1.29 is 26.3 Å². The fraction of sp³-hybridized carbons (Fsp3) is 0.538. The molecule has 2 aliphatic carbocycles.